The Hall–Kier alpha value is -2.18. The highest BCUT2D eigenvalue weighted by atomic mass is 16.5. The number of carbonyl (C=O) groups is 1. The van der Waals surface area contributed by atoms with Gasteiger partial charge in [-0.3, -0.25) is 9.59 Å². The molecule has 2 aromatic rings. The minimum absolute atomic E-state index is 0.125. The van der Waals surface area contributed by atoms with Gasteiger partial charge in [0.25, 0.3) is 5.91 Å². The fourth-order valence-corrected chi connectivity index (χ4v) is 2.57. The van der Waals surface area contributed by atoms with Crippen molar-refractivity contribution in [2.24, 2.45) is 0 Å². The standard InChI is InChI=1S/C15H16N2O4/c18-9-10-8-17(5-6-21-10)15(20)12-7-14(19)16-13-4-2-1-3-11(12)13/h1-4,7,10,18H,5-6,8-9H2,(H,16,19). The van der Waals surface area contributed by atoms with Crippen molar-refractivity contribution in [2.75, 3.05) is 26.3 Å². The lowest BCUT2D eigenvalue weighted by molar-refractivity contribution is -0.0446. The molecule has 2 N–H and O–H groups in total. The third kappa shape index (κ3) is 2.68. The van der Waals surface area contributed by atoms with E-state index in [1.807, 2.05) is 18.2 Å². The van der Waals surface area contributed by atoms with Gasteiger partial charge in [0.2, 0.25) is 5.56 Å². The number of pyridine rings is 1. The van der Waals surface area contributed by atoms with Gasteiger partial charge in [0.05, 0.1) is 24.9 Å². The number of ether oxygens (including phenoxy) is 1. The molecule has 1 amide bonds. The van der Waals surface area contributed by atoms with Crippen LogP contribution in [0.3, 0.4) is 0 Å². The van der Waals surface area contributed by atoms with E-state index in [2.05, 4.69) is 4.98 Å². The molecule has 1 aliphatic heterocycles. The Bertz CT molecular complexity index is 725. The quantitative estimate of drug-likeness (QED) is 0.836. The molecule has 1 fully saturated rings. The molecule has 110 valence electrons. The number of nitrogens with zero attached hydrogens (tertiary/aromatic N) is 1. The van der Waals surface area contributed by atoms with Gasteiger partial charge in [0.15, 0.2) is 0 Å². The van der Waals surface area contributed by atoms with Gasteiger partial charge < -0.3 is 19.7 Å². The molecule has 0 saturated carbocycles. The number of aliphatic hydroxyl groups excluding tert-OH is 1. The molecule has 1 aliphatic rings. The van der Waals surface area contributed by atoms with Crippen molar-refractivity contribution >= 4 is 16.8 Å². The Labute approximate surface area is 121 Å². The Kier molecular flexibility index (Phi) is 3.72. The molecule has 21 heavy (non-hydrogen) atoms. The number of benzene rings is 1. The number of fused-ring (bicyclic) bond motifs is 1. The van der Waals surface area contributed by atoms with Gasteiger partial charge in [-0.1, -0.05) is 18.2 Å². The molecule has 6 heteroatoms. The lowest BCUT2D eigenvalue weighted by atomic mass is 10.1. The highest BCUT2D eigenvalue weighted by molar-refractivity contribution is 6.05. The largest absolute Gasteiger partial charge is 0.394 e. The number of aromatic nitrogens is 1. The number of rotatable bonds is 2. The summed E-state index contributed by atoms with van der Waals surface area (Å²) in [7, 11) is 0. The zero-order valence-electron chi connectivity index (χ0n) is 11.4. The van der Waals surface area contributed by atoms with Gasteiger partial charge in [-0.15, -0.1) is 0 Å². The van der Waals surface area contributed by atoms with Gasteiger partial charge in [0.1, 0.15) is 0 Å². The van der Waals surface area contributed by atoms with E-state index in [0.717, 1.165) is 0 Å². The average Bonchev–Trinajstić information content (AvgIpc) is 2.53. The van der Waals surface area contributed by atoms with E-state index in [4.69, 9.17) is 9.84 Å². The van der Waals surface area contributed by atoms with Crippen molar-refractivity contribution in [2.45, 2.75) is 6.10 Å². The Morgan fingerprint density at radius 3 is 3.05 bits per heavy atom. The predicted octanol–water partition coefficient (Wildman–Crippen LogP) is 0.361. The van der Waals surface area contributed by atoms with Crippen molar-refractivity contribution in [3.8, 4) is 0 Å². The van der Waals surface area contributed by atoms with Crippen LogP contribution in [0, 0.1) is 0 Å². The molecule has 1 atom stereocenters. The number of nitrogens with one attached hydrogen (secondary N) is 1. The second-order valence-corrected chi connectivity index (χ2v) is 5.02. The summed E-state index contributed by atoms with van der Waals surface area (Å²) >= 11 is 0. The summed E-state index contributed by atoms with van der Waals surface area (Å²) in [5.74, 6) is -0.209. The summed E-state index contributed by atoms with van der Waals surface area (Å²) < 4.78 is 5.34. The molecule has 1 saturated heterocycles. The first-order valence-electron chi connectivity index (χ1n) is 6.83. The normalized spacial score (nSPS) is 18.9. The molecule has 3 rings (SSSR count). The second-order valence-electron chi connectivity index (χ2n) is 5.02. The van der Waals surface area contributed by atoms with E-state index < -0.39 is 0 Å². The monoisotopic (exact) mass is 288 g/mol. The van der Waals surface area contributed by atoms with E-state index in [-0.39, 0.29) is 24.2 Å². The van der Waals surface area contributed by atoms with E-state index >= 15 is 0 Å². The molecule has 1 aromatic carbocycles. The Balaban J connectivity index is 1.99. The summed E-state index contributed by atoms with van der Waals surface area (Å²) in [6.45, 7) is 1.05. The third-order valence-electron chi connectivity index (χ3n) is 3.61. The van der Waals surface area contributed by atoms with Gasteiger partial charge >= 0.3 is 0 Å². The molecule has 6 nitrogen and oxygen atoms in total. The number of morpholine rings is 1. The minimum atomic E-state index is -0.365. The van der Waals surface area contributed by atoms with Gasteiger partial charge in [-0.25, -0.2) is 0 Å². The molecule has 0 aliphatic carbocycles. The van der Waals surface area contributed by atoms with Crippen molar-refractivity contribution in [3.63, 3.8) is 0 Å². The van der Waals surface area contributed by atoms with E-state index in [1.54, 1.807) is 11.0 Å². The topological polar surface area (TPSA) is 82.6 Å². The van der Waals surface area contributed by atoms with Crippen molar-refractivity contribution in [1.29, 1.82) is 0 Å². The average molecular weight is 288 g/mol. The van der Waals surface area contributed by atoms with Crippen LogP contribution in [-0.4, -0.2) is 53.3 Å². The molecule has 1 unspecified atom stereocenters. The number of hydrogen-bond acceptors (Lipinski definition) is 4. The first kappa shape index (κ1) is 13.8. The van der Waals surface area contributed by atoms with Gasteiger partial charge in [0, 0.05) is 30.1 Å². The van der Waals surface area contributed by atoms with E-state index in [1.165, 1.54) is 6.07 Å². The molecular formula is C15H16N2O4. The maximum atomic E-state index is 12.7. The van der Waals surface area contributed by atoms with Crippen LogP contribution in [0.15, 0.2) is 35.1 Å². The number of aliphatic hydroxyl groups is 1. The van der Waals surface area contributed by atoms with Crippen LogP contribution in [0.2, 0.25) is 0 Å². The van der Waals surface area contributed by atoms with Crippen LogP contribution in [0.25, 0.3) is 10.9 Å². The van der Waals surface area contributed by atoms with Crippen molar-refractivity contribution in [1.82, 2.24) is 9.88 Å². The zero-order chi connectivity index (χ0) is 14.8. The smallest absolute Gasteiger partial charge is 0.254 e. The maximum Gasteiger partial charge on any atom is 0.254 e. The second kappa shape index (κ2) is 5.67. The highest BCUT2D eigenvalue weighted by Crippen LogP contribution is 2.18. The first-order chi connectivity index (χ1) is 10.2. The number of para-hydroxylation sites is 1. The third-order valence-corrected chi connectivity index (χ3v) is 3.61. The molecular weight excluding hydrogens is 272 g/mol. The van der Waals surface area contributed by atoms with E-state index in [9.17, 15) is 9.59 Å². The maximum absolute atomic E-state index is 12.7. The Morgan fingerprint density at radius 2 is 2.24 bits per heavy atom. The lowest BCUT2D eigenvalue weighted by Crippen LogP contribution is -2.47. The number of amides is 1. The molecule has 2 heterocycles. The van der Waals surface area contributed by atoms with Gasteiger partial charge in [-0.2, -0.15) is 0 Å². The predicted molar refractivity (Wildman–Crippen MR) is 77.3 cm³/mol. The van der Waals surface area contributed by atoms with Crippen LogP contribution in [0.1, 0.15) is 10.4 Å². The van der Waals surface area contributed by atoms with Crippen LogP contribution in [0.4, 0.5) is 0 Å². The molecule has 0 spiro atoms. The van der Waals surface area contributed by atoms with Crippen LogP contribution < -0.4 is 5.56 Å². The summed E-state index contributed by atoms with van der Waals surface area (Å²) in [6, 6.07) is 8.54. The Morgan fingerprint density at radius 1 is 1.43 bits per heavy atom. The number of hydrogen-bond donors (Lipinski definition) is 2. The fraction of sp³-hybridized carbons (Fsp3) is 0.333. The zero-order valence-corrected chi connectivity index (χ0v) is 11.4. The van der Waals surface area contributed by atoms with E-state index in [0.29, 0.717) is 36.2 Å². The summed E-state index contributed by atoms with van der Waals surface area (Å²) in [5.41, 5.74) is 0.720. The lowest BCUT2D eigenvalue weighted by Gasteiger charge is -2.32. The number of H-pyrrole nitrogens is 1. The molecule has 0 radical (unpaired) electrons. The summed E-state index contributed by atoms with van der Waals surface area (Å²) in [6.07, 6.45) is -0.365. The number of aromatic amines is 1. The van der Waals surface area contributed by atoms with Gasteiger partial charge in [-0.05, 0) is 6.07 Å². The van der Waals surface area contributed by atoms with Crippen LogP contribution in [-0.2, 0) is 4.74 Å². The SMILES string of the molecule is O=C(c1cc(=O)[nH]c2ccccc12)N1CCOC(CO)C1. The molecule has 0 bridgehead atoms. The van der Waals surface area contributed by atoms with Crippen LogP contribution in [0.5, 0.6) is 0 Å². The summed E-state index contributed by atoms with van der Waals surface area (Å²) in [4.78, 5) is 28.7. The van der Waals surface area contributed by atoms with Crippen molar-refractivity contribution < 1.29 is 14.6 Å². The minimum Gasteiger partial charge on any atom is -0.394 e. The van der Waals surface area contributed by atoms with Crippen LogP contribution >= 0.6 is 0 Å². The molecule has 1 aromatic heterocycles. The fourth-order valence-electron chi connectivity index (χ4n) is 2.57. The summed E-state index contributed by atoms with van der Waals surface area (Å²) in [5, 5.41) is 9.88. The first-order valence-corrected chi connectivity index (χ1v) is 6.83. The van der Waals surface area contributed by atoms with Crippen molar-refractivity contribution in [3.05, 3.63) is 46.2 Å². The number of carbonyl (C=O) groups excluding carboxylic acids is 1. The highest BCUT2D eigenvalue weighted by Gasteiger charge is 2.25.